The number of hydrogen-bond acceptors (Lipinski definition) is 5. The van der Waals surface area contributed by atoms with Crippen molar-refractivity contribution in [3.63, 3.8) is 0 Å². The van der Waals surface area contributed by atoms with Gasteiger partial charge in [0.25, 0.3) is 0 Å². The lowest BCUT2D eigenvalue weighted by Crippen LogP contribution is -2.05. The lowest BCUT2D eigenvalue weighted by molar-refractivity contribution is 0.126. The average molecular weight is 312 g/mol. The lowest BCUT2D eigenvalue weighted by Gasteiger charge is -2.10. The van der Waals surface area contributed by atoms with Crippen molar-refractivity contribution in [3.8, 4) is 11.3 Å². The Kier molecular flexibility index (Phi) is 4.56. The third kappa shape index (κ3) is 3.05. The number of aromatic nitrogens is 2. The van der Waals surface area contributed by atoms with Gasteiger partial charge in [0.1, 0.15) is 11.8 Å². The summed E-state index contributed by atoms with van der Waals surface area (Å²) in [4.78, 5) is 5.54. The van der Waals surface area contributed by atoms with E-state index in [-0.39, 0.29) is 6.10 Å². The van der Waals surface area contributed by atoms with Gasteiger partial charge in [-0.2, -0.15) is 0 Å². The van der Waals surface area contributed by atoms with Crippen LogP contribution in [0.25, 0.3) is 11.3 Å². The zero-order valence-electron chi connectivity index (χ0n) is 12.4. The van der Waals surface area contributed by atoms with Crippen molar-refractivity contribution in [2.75, 3.05) is 13.4 Å². The second-order valence-electron chi connectivity index (χ2n) is 4.71. The fourth-order valence-corrected chi connectivity index (χ4v) is 2.64. The molecule has 22 heavy (non-hydrogen) atoms. The molecule has 0 aliphatic rings. The highest BCUT2D eigenvalue weighted by Crippen LogP contribution is 2.28. The molecule has 0 fully saturated rings. The van der Waals surface area contributed by atoms with Crippen LogP contribution in [0.4, 0.5) is 0 Å². The highest BCUT2D eigenvalue weighted by atomic mass is 32.2. The maximum atomic E-state index is 5.52. The molecule has 0 N–H and O–H groups in total. The molecule has 3 rings (SSSR count). The number of thioether (sulfide) groups is 1. The Balaban J connectivity index is 1.88. The quantitative estimate of drug-likeness (QED) is 0.661. The zero-order chi connectivity index (χ0) is 15.4. The van der Waals surface area contributed by atoms with Crippen LogP contribution in [-0.4, -0.2) is 23.5 Å². The minimum Gasteiger partial charge on any atom is -0.369 e. The maximum Gasteiger partial charge on any atom is 0.167 e. The standard InChI is InChI=1S/C17H16N2O2S/c1-20-17(14-5-3-4-10-18-14)15-11-16(21-19-15)12-6-8-13(22-2)9-7-12/h3-11,17H,1-2H3. The van der Waals surface area contributed by atoms with Crippen LogP contribution >= 0.6 is 11.8 Å². The number of benzene rings is 1. The molecule has 0 saturated heterocycles. The molecule has 0 amide bonds. The van der Waals surface area contributed by atoms with Gasteiger partial charge in [-0.3, -0.25) is 4.98 Å². The third-order valence-electron chi connectivity index (χ3n) is 3.36. The van der Waals surface area contributed by atoms with E-state index in [0.29, 0.717) is 5.69 Å². The molecular weight excluding hydrogens is 296 g/mol. The molecule has 1 atom stereocenters. The molecular formula is C17H16N2O2S. The van der Waals surface area contributed by atoms with Gasteiger partial charge in [-0.15, -0.1) is 11.8 Å². The monoisotopic (exact) mass is 312 g/mol. The van der Waals surface area contributed by atoms with Crippen LogP contribution in [0.1, 0.15) is 17.5 Å². The summed E-state index contributed by atoms with van der Waals surface area (Å²) in [6.07, 6.45) is 3.46. The van der Waals surface area contributed by atoms with Crippen molar-refractivity contribution in [2.45, 2.75) is 11.0 Å². The Morgan fingerprint density at radius 1 is 1.09 bits per heavy atom. The predicted molar refractivity (Wildman–Crippen MR) is 86.8 cm³/mol. The summed E-state index contributed by atoms with van der Waals surface area (Å²) in [5.41, 5.74) is 2.51. The molecule has 2 heterocycles. The fraction of sp³-hybridized carbons (Fsp3) is 0.176. The molecule has 112 valence electrons. The van der Waals surface area contributed by atoms with Gasteiger partial charge in [0.2, 0.25) is 0 Å². The van der Waals surface area contributed by atoms with Gasteiger partial charge in [-0.25, -0.2) is 0 Å². The average Bonchev–Trinajstić information content (AvgIpc) is 3.06. The van der Waals surface area contributed by atoms with Crippen molar-refractivity contribution in [1.29, 1.82) is 0 Å². The smallest absolute Gasteiger partial charge is 0.167 e. The van der Waals surface area contributed by atoms with Crippen LogP contribution in [0.2, 0.25) is 0 Å². The first-order valence-electron chi connectivity index (χ1n) is 6.86. The van der Waals surface area contributed by atoms with E-state index in [0.717, 1.165) is 17.0 Å². The summed E-state index contributed by atoms with van der Waals surface area (Å²) < 4.78 is 11.0. The summed E-state index contributed by atoms with van der Waals surface area (Å²) in [7, 11) is 1.64. The Bertz CT molecular complexity index is 726. The van der Waals surface area contributed by atoms with Gasteiger partial charge in [0, 0.05) is 29.8 Å². The van der Waals surface area contributed by atoms with Crippen LogP contribution < -0.4 is 0 Å². The predicted octanol–water partition coefficient (Wildman–Crippen LogP) is 4.19. The van der Waals surface area contributed by atoms with E-state index in [1.807, 2.05) is 36.4 Å². The van der Waals surface area contributed by atoms with E-state index in [2.05, 4.69) is 28.5 Å². The first-order valence-corrected chi connectivity index (χ1v) is 8.09. The Labute approximate surface area is 133 Å². The van der Waals surface area contributed by atoms with Crippen molar-refractivity contribution >= 4 is 11.8 Å². The molecule has 1 aromatic carbocycles. The summed E-state index contributed by atoms with van der Waals surface area (Å²) in [5.74, 6) is 0.723. The van der Waals surface area contributed by atoms with Gasteiger partial charge < -0.3 is 9.26 Å². The van der Waals surface area contributed by atoms with Crippen LogP contribution in [0.3, 0.4) is 0 Å². The van der Waals surface area contributed by atoms with Gasteiger partial charge in [-0.05, 0) is 30.5 Å². The minimum absolute atomic E-state index is 0.329. The van der Waals surface area contributed by atoms with Crippen molar-refractivity contribution < 1.29 is 9.26 Å². The Hall–Kier alpha value is -2.11. The molecule has 0 aliphatic heterocycles. The van der Waals surface area contributed by atoms with Crippen LogP contribution in [0.15, 0.2) is 64.1 Å². The maximum absolute atomic E-state index is 5.52. The largest absolute Gasteiger partial charge is 0.369 e. The second-order valence-corrected chi connectivity index (χ2v) is 5.59. The zero-order valence-corrected chi connectivity index (χ0v) is 13.2. The SMILES string of the molecule is COC(c1ccccn1)c1cc(-c2ccc(SC)cc2)on1. The van der Waals surface area contributed by atoms with Gasteiger partial charge in [0.05, 0.1) is 5.69 Å². The minimum atomic E-state index is -0.329. The number of methoxy groups -OCH3 is 1. The molecule has 0 bridgehead atoms. The van der Waals surface area contributed by atoms with E-state index in [1.165, 1.54) is 4.90 Å². The van der Waals surface area contributed by atoms with Gasteiger partial charge in [0.15, 0.2) is 5.76 Å². The van der Waals surface area contributed by atoms with E-state index in [1.54, 1.807) is 25.1 Å². The number of nitrogens with zero attached hydrogens (tertiary/aromatic N) is 2. The first kappa shape index (κ1) is 14.8. The van der Waals surface area contributed by atoms with E-state index in [4.69, 9.17) is 9.26 Å². The van der Waals surface area contributed by atoms with E-state index < -0.39 is 0 Å². The van der Waals surface area contributed by atoms with Gasteiger partial charge in [-0.1, -0.05) is 23.4 Å². The molecule has 5 heteroatoms. The molecule has 3 aromatic rings. The number of ether oxygens (including phenoxy) is 1. The Morgan fingerprint density at radius 3 is 2.55 bits per heavy atom. The topological polar surface area (TPSA) is 48.2 Å². The summed E-state index contributed by atoms with van der Waals surface area (Å²) in [5, 5.41) is 4.14. The van der Waals surface area contributed by atoms with E-state index in [9.17, 15) is 0 Å². The van der Waals surface area contributed by atoms with Crippen molar-refractivity contribution in [3.05, 3.63) is 66.1 Å². The fourth-order valence-electron chi connectivity index (χ4n) is 2.23. The summed E-state index contributed by atoms with van der Waals surface area (Å²) in [6.45, 7) is 0. The molecule has 4 nitrogen and oxygen atoms in total. The highest BCUT2D eigenvalue weighted by Gasteiger charge is 2.19. The number of hydrogen-bond donors (Lipinski definition) is 0. The molecule has 0 spiro atoms. The number of rotatable bonds is 5. The molecule has 2 aromatic heterocycles. The summed E-state index contributed by atoms with van der Waals surface area (Å²) in [6, 6.07) is 15.8. The van der Waals surface area contributed by atoms with Gasteiger partial charge >= 0.3 is 0 Å². The molecule has 0 radical (unpaired) electrons. The molecule has 1 unspecified atom stereocenters. The third-order valence-corrected chi connectivity index (χ3v) is 4.11. The van der Waals surface area contributed by atoms with Crippen molar-refractivity contribution in [1.82, 2.24) is 10.1 Å². The normalized spacial score (nSPS) is 12.3. The lowest BCUT2D eigenvalue weighted by atomic mass is 10.1. The van der Waals surface area contributed by atoms with Crippen molar-refractivity contribution in [2.24, 2.45) is 0 Å². The van der Waals surface area contributed by atoms with Crippen LogP contribution in [0.5, 0.6) is 0 Å². The van der Waals surface area contributed by atoms with Crippen LogP contribution in [-0.2, 0) is 4.74 Å². The first-order chi connectivity index (χ1) is 10.8. The Morgan fingerprint density at radius 2 is 1.91 bits per heavy atom. The second kappa shape index (κ2) is 6.77. The van der Waals surface area contributed by atoms with Crippen LogP contribution in [0, 0.1) is 0 Å². The summed E-state index contributed by atoms with van der Waals surface area (Å²) >= 11 is 1.71. The molecule has 0 aliphatic carbocycles. The number of pyridine rings is 1. The van der Waals surface area contributed by atoms with E-state index >= 15 is 0 Å². The molecule has 0 saturated carbocycles. The highest BCUT2D eigenvalue weighted by molar-refractivity contribution is 7.98.